The third-order valence-corrected chi connectivity index (χ3v) is 7.13. The molecule has 1 saturated carbocycles. The van der Waals surface area contributed by atoms with E-state index in [1.807, 2.05) is 0 Å². The smallest absolute Gasteiger partial charge is 0.435 e. The summed E-state index contributed by atoms with van der Waals surface area (Å²) in [6.07, 6.45) is -6.54. The monoisotopic (exact) mass is 603 g/mol. The summed E-state index contributed by atoms with van der Waals surface area (Å²) in [6, 6.07) is 7.16. The molecule has 0 spiro atoms. The zero-order chi connectivity index (χ0) is 30.6. The van der Waals surface area contributed by atoms with E-state index in [-0.39, 0.29) is 41.0 Å². The lowest BCUT2D eigenvalue weighted by Crippen LogP contribution is -2.29. The highest BCUT2D eigenvalue weighted by atomic mass is 19.4. The fraction of sp³-hybridized carbons (Fsp3) is 0.333. The first kappa shape index (κ1) is 28.4. The quantitative estimate of drug-likeness (QED) is 0.240. The normalized spacial score (nSPS) is 14.5. The van der Waals surface area contributed by atoms with Crippen molar-refractivity contribution in [2.75, 3.05) is 7.11 Å². The van der Waals surface area contributed by atoms with Crippen LogP contribution >= 0.6 is 0 Å². The largest absolute Gasteiger partial charge is 0.480 e. The van der Waals surface area contributed by atoms with Crippen LogP contribution in [-0.4, -0.2) is 52.4 Å². The van der Waals surface area contributed by atoms with Gasteiger partial charge in [0.1, 0.15) is 17.4 Å². The summed E-state index contributed by atoms with van der Waals surface area (Å²) in [5.74, 6) is 0.477. The van der Waals surface area contributed by atoms with Crippen molar-refractivity contribution in [3.63, 3.8) is 0 Å². The average molecular weight is 604 g/mol. The number of hydrogen-bond donors (Lipinski definition) is 1. The molecular weight excluding hydrogens is 580 g/mol. The van der Waals surface area contributed by atoms with Crippen molar-refractivity contribution in [3.8, 4) is 23.0 Å². The minimum atomic E-state index is -4.60. The number of hydrogen-bond acceptors (Lipinski definition) is 7. The molecule has 10 nitrogen and oxygen atoms in total. The van der Waals surface area contributed by atoms with Crippen molar-refractivity contribution in [3.05, 3.63) is 71.1 Å². The topological polar surface area (TPSA) is 112 Å². The van der Waals surface area contributed by atoms with Crippen LogP contribution in [0.25, 0.3) is 28.2 Å². The van der Waals surface area contributed by atoms with Crippen molar-refractivity contribution < 1.29 is 31.1 Å². The second-order valence-corrected chi connectivity index (χ2v) is 10.1. The van der Waals surface area contributed by atoms with E-state index >= 15 is 0 Å². The maximum absolute atomic E-state index is 14.8. The standard InChI is InChI=1S/C27H23F6N9O/c1-13-9-18(27(31,32)33)39-42(13)16-7-3-14(4-8-16)11-40-24-17(41(26(40)34)22(30)21(28)29)10-35-23(38-24)19-20(15-5-6-15)36-12-37-25(19)43-2/h3-4,7-10,12,15,21-22,34H,5-6,11H2,1-2H3. The zero-order valence-corrected chi connectivity index (χ0v) is 22.6. The van der Waals surface area contributed by atoms with Gasteiger partial charge in [-0.2, -0.15) is 18.3 Å². The van der Waals surface area contributed by atoms with Gasteiger partial charge >= 0.3 is 6.18 Å². The molecular formula is C27H23F6N9O. The van der Waals surface area contributed by atoms with Gasteiger partial charge in [0.15, 0.2) is 17.2 Å². The lowest BCUT2D eigenvalue weighted by Gasteiger charge is -2.11. The van der Waals surface area contributed by atoms with Crippen LogP contribution in [0.5, 0.6) is 5.88 Å². The summed E-state index contributed by atoms with van der Waals surface area (Å²) >= 11 is 0. The molecule has 0 saturated heterocycles. The molecule has 0 radical (unpaired) electrons. The van der Waals surface area contributed by atoms with Gasteiger partial charge in [0.25, 0.3) is 6.43 Å². The fourth-order valence-corrected chi connectivity index (χ4v) is 4.93. The number of rotatable bonds is 8. The first-order valence-electron chi connectivity index (χ1n) is 13.0. The molecule has 4 heterocycles. The third-order valence-electron chi connectivity index (χ3n) is 7.13. The highest BCUT2D eigenvalue weighted by molar-refractivity contribution is 5.76. The van der Waals surface area contributed by atoms with Crippen LogP contribution in [0, 0.1) is 12.3 Å². The van der Waals surface area contributed by atoms with Gasteiger partial charge in [-0.15, -0.1) is 0 Å². The Hall–Kier alpha value is -4.76. The average Bonchev–Trinajstić information content (AvgIpc) is 3.70. The molecule has 1 atom stereocenters. The van der Waals surface area contributed by atoms with E-state index < -0.39 is 30.2 Å². The first-order chi connectivity index (χ1) is 20.5. The summed E-state index contributed by atoms with van der Waals surface area (Å²) in [5, 5.41) is 12.2. The zero-order valence-electron chi connectivity index (χ0n) is 22.6. The van der Waals surface area contributed by atoms with Crippen LogP contribution in [0.1, 0.15) is 47.7 Å². The lowest BCUT2D eigenvalue weighted by molar-refractivity contribution is -0.141. The number of aryl methyl sites for hydroxylation is 1. The number of imidazole rings is 1. The number of alkyl halides is 6. The van der Waals surface area contributed by atoms with Gasteiger partial charge in [0.2, 0.25) is 17.8 Å². The SMILES string of the molecule is COc1ncnc(C2CC2)c1-c1ncc2c(n1)n(Cc1ccc(-n3nc(C(F)(F)F)cc3C)cc1)c(=N)n2C(F)C(F)F. The Bertz CT molecular complexity index is 1870. The van der Waals surface area contributed by atoms with Gasteiger partial charge in [-0.25, -0.2) is 37.8 Å². The maximum atomic E-state index is 14.8. The van der Waals surface area contributed by atoms with E-state index in [9.17, 15) is 26.3 Å². The van der Waals surface area contributed by atoms with E-state index in [4.69, 9.17) is 10.1 Å². The Morgan fingerprint density at radius 1 is 1.07 bits per heavy atom. The number of nitrogens with zero attached hydrogens (tertiary/aromatic N) is 8. The van der Waals surface area contributed by atoms with E-state index in [0.717, 1.165) is 23.6 Å². The Labute approximate surface area is 239 Å². The van der Waals surface area contributed by atoms with Crippen LogP contribution in [0.2, 0.25) is 0 Å². The summed E-state index contributed by atoms with van der Waals surface area (Å²) < 4.78 is 89.5. The Balaban J connectivity index is 1.44. The maximum Gasteiger partial charge on any atom is 0.435 e. The fourth-order valence-electron chi connectivity index (χ4n) is 4.93. The van der Waals surface area contributed by atoms with Crippen molar-refractivity contribution in [1.82, 2.24) is 38.9 Å². The molecule has 5 aromatic rings. The molecule has 6 rings (SSSR count). The summed E-state index contributed by atoms with van der Waals surface area (Å²) in [5.41, 5.74) is 0.495. The van der Waals surface area contributed by atoms with Crippen molar-refractivity contribution in [2.24, 2.45) is 0 Å². The second-order valence-electron chi connectivity index (χ2n) is 10.1. The summed E-state index contributed by atoms with van der Waals surface area (Å²) in [4.78, 5) is 17.4. The predicted molar refractivity (Wildman–Crippen MR) is 139 cm³/mol. The number of methoxy groups -OCH3 is 1. The first-order valence-corrected chi connectivity index (χ1v) is 13.0. The lowest BCUT2D eigenvalue weighted by atomic mass is 10.1. The summed E-state index contributed by atoms with van der Waals surface area (Å²) in [7, 11) is 1.42. The molecule has 1 aliphatic carbocycles. The number of ether oxygens (including phenoxy) is 1. The van der Waals surface area contributed by atoms with Crippen LogP contribution in [0.3, 0.4) is 0 Å². The van der Waals surface area contributed by atoms with Gasteiger partial charge in [-0.05, 0) is 43.5 Å². The molecule has 1 unspecified atom stereocenters. The Morgan fingerprint density at radius 3 is 2.40 bits per heavy atom. The number of benzene rings is 1. The van der Waals surface area contributed by atoms with Gasteiger partial charge in [0.05, 0.1) is 31.2 Å². The molecule has 1 aromatic carbocycles. The van der Waals surface area contributed by atoms with Crippen molar-refractivity contribution >= 4 is 11.2 Å². The minimum absolute atomic E-state index is 0.00719. The van der Waals surface area contributed by atoms with Gasteiger partial charge in [0, 0.05) is 11.6 Å². The molecule has 1 N–H and O–H groups in total. The molecule has 1 aliphatic rings. The van der Waals surface area contributed by atoms with E-state index in [2.05, 4.69) is 25.0 Å². The predicted octanol–water partition coefficient (Wildman–Crippen LogP) is 5.35. The van der Waals surface area contributed by atoms with Crippen LogP contribution in [0.15, 0.2) is 42.9 Å². The van der Waals surface area contributed by atoms with Crippen molar-refractivity contribution in [1.29, 1.82) is 5.41 Å². The summed E-state index contributed by atoms with van der Waals surface area (Å²) in [6.45, 7) is 1.39. The second kappa shape index (κ2) is 10.5. The Morgan fingerprint density at radius 2 is 1.79 bits per heavy atom. The number of nitrogens with one attached hydrogen (secondary N) is 1. The Kier molecular flexibility index (Phi) is 6.93. The van der Waals surface area contributed by atoms with Gasteiger partial charge in [-0.3, -0.25) is 14.5 Å². The molecule has 4 aromatic heterocycles. The minimum Gasteiger partial charge on any atom is -0.480 e. The molecule has 0 bridgehead atoms. The number of aromatic nitrogens is 8. The van der Waals surface area contributed by atoms with E-state index in [1.54, 1.807) is 12.1 Å². The van der Waals surface area contributed by atoms with Gasteiger partial charge in [-0.1, -0.05) is 12.1 Å². The molecule has 0 amide bonds. The number of halogens is 6. The highest BCUT2D eigenvalue weighted by Gasteiger charge is 2.35. The van der Waals surface area contributed by atoms with Gasteiger partial charge < -0.3 is 4.74 Å². The van der Waals surface area contributed by atoms with Crippen LogP contribution < -0.4 is 10.4 Å². The van der Waals surface area contributed by atoms with Crippen LogP contribution in [-0.2, 0) is 12.7 Å². The molecule has 224 valence electrons. The van der Waals surface area contributed by atoms with E-state index in [1.165, 1.54) is 43.3 Å². The highest BCUT2D eigenvalue weighted by Crippen LogP contribution is 2.45. The molecule has 16 heteroatoms. The molecule has 43 heavy (non-hydrogen) atoms. The number of fused-ring (bicyclic) bond motifs is 1. The molecule has 0 aliphatic heterocycles. The van der Waals surface area contributed by atoms with E-state index in [0.29, 0.717) is 27.1 Å². The third kappa shape index (κ3) is 5.10. The molecule has 1 fully saturated rings. The van der Waals surface area contributed by atoms with Crippen LogP contribution in [0.4, 0.5) is 26.3 Å². The van der Waals surface area contributed by atoms with Crippen molar-refractivity contribution in [2.45, 2.75) is 51.1 Å².